The van der Waals surface area contributed by atoms with Gasteiger partial charge < -0.3 is 10.6 Å². The number of pyridine rings is 3. The number of piperazine rings is 1. The van der Waals surface area contributed by atoms with Gasteiger partial charge in [0.1, 0.15) is 5.82 Å². The van der Waals surface area contributed by atoms with Gasteiger partial charge in [-0.15, -0.1) is 5.10 Å². The van der Waals surface area contributed by atoms with E-state index < -0.39 is 0 Å². The van der Waals surface area contributed by atoms with E-state index in [1.807, 2.05) is 49.2 Å². The molecule has 0 spiro atoms. The van der Waals surface area contributed by atoms with E-state index in [4.69, 9.17) is 10.7 Å². The monoisotopic (exact) mass is 463 g/mol. The summed E-state index contributed by atoms with van der Waals surface area (Å²) in [5, 5.41) is 4.46. The SMILES string of the molecule is Nc1nn2cc(-c3ccc(N4CCN(Cc5ccncc5)CC4)nc3)cnc2c1-c1ccccn1. The van der Waals surface area contributed by atoms with E-state index in [2.05, 4.69) is 54.1 Å². The molecule has 5 aromatic heterocycles. The van der Waals surface area contributed by atoms with E-state index in [0.717, 1.165) is 60.9 Å². The first kappa shape index (κ1) is 21.2. The summed E-state index contributed by atoms with van der Waals surface area (Å²) in [7, 11) is 0. The number of nitrogens with two attached hydrogens (primary N) is 1. The largest absolute Gasteiger partial charge is 0.382 e. The molecule has 0 bridgehead atoms. The second-order valence-electron chi connectivity index (χ2n) is 8.61. The third-order valence-electron chi connectivity index (χ3n) is 6.35. The molecule has 0 radical (unpaired) electrons. The Hall–Kier alpha value is -4.37. The highest BCUT2D eigenvalue weighted by molar-refractivity contribution is 5.84. The van der Waals surface area contributed by atoms with Crippen LogP contribution in [-0.2, 0) is 6.54 Å². The minimum atomic E-state index is 0.407. The molecule has 35 heavy (non-hydrogen) atoms. The van der Waals surface area contributed by atoms with Crippen LogP contribution in [0.5, 0.6) is 0 Å². The summed E-state index contributed by atoms with van der Waals surface area (Å²) >= 11 is 0. The predicted octanol–water partition coefficient (Wildman–Crippen LogP) is 3.15. The maximum atomic E-state index is 6.19. The number of aromatic nitrogens is 6. The second kappa shape index (κ2) is 9.11. The standard InChI is InChI=1S/C26H25N9/c27-25-24(22-3-1-2-8-29-22)26-31-16-21(18-35(26)32-25)20-4-5-23(30-15-20)34-13-11-33(12-14-34)17-19-6-9-28-10-7-19/h1-10,15-16,18H,11-14,17H2,(H2,27,32). The van der Waals surface area contributed by atoms with Gasteiger partial charge >= 0.3 is 0 Å². The molecule has 1 fully saturated rings. The highest BCUT2D eigenvalue weighted by atomic mass is 15.3. The normalized spacial score (nSPS) is 14.5. The fraction of sp³-hybridized carbons (Fsp3) is 0.192. The predicted molar refractivity (Wildman–Crippen MR) is 136 cm³/mol. The van der Waals surface area contributed by atoms with Crippen molar-refractivity contribution in [3.63, 3.8) is 0 Å². The summed E-state index contributed by atoms with van der Waals surface area (Å²) in [6.07, 6.45) is 11.1. The minimum absolute atomic E-state index is 0.407. The number of hydrogen-bond donors (Lipinski definition) is 1. The molecule has 2 N–H and O–H groups in total. The van der Waals surface area contributed by atoms with Gasteiger partial charge in [-0.3, -0.25) is 14.9 Å². The number of rotatable bonds is 5. The first-order valence-electron chi connectivity index (χ1n) is 11.6. The van der Waals surface area contributed by atoms with Gasteiger partial charge in [0.2, 0.25) is 0 Å². The fourth-order valence-electron chi connectivity index (χ4n) is 4.48. The smallest absolute Gasteiger partial charge is 0.166 e. The van der Waals surface area contributed by atoms with Gasteiger partial charge in [-0.25, -0.2) is 14.5 Å². The zero-order chi connectivity index (χ0) is 23.6. The lowest BCUT2D eigenvalue weighted by Crippen LogP contribution is -2.46. The Kier molecular flexibility index (Phi) is 5.51. The molecule has 6 heterocycles. The second-order valence-corrected chi connectivity index (χ2v) is 8.61. The molecule has 5 aromatic rings. The van der Waals surface area contributed by atoms with Crippen LogP contribution in [-0.4, -0.2) is 60.6 Å². The molecule has 1 aliphatic rings. The van der Waals surface area contributed by atoms with E-state index in [0.29, 0.717) is 11.5 Å². The van der Waals surface area contributed by atoms with E-state index in [1.54, 1.807) is 10.7 Å². The lowest BCUT2D eigenvalue weighted by molar-refractivity contribution is 0.249. The molecule has 6 rings (SSSR count). The highest BCUT2D eigenvalue weighted by Gasteiger charge is 2.19. The van der Waals surface area contributed by atoms with Crippen LogP contribution in [0.25, 0.3) is 28.0 Å². The van der Waals surface area contributed by atoms with Gasteiger partial charge in [-0.2, -0.15) is 0 Å². The summed E-state index contributed by atoms with van der Waals surface area (Å²) in [5.74, 6) is 1.40. The van der Waals surface area contributed by atoms with Crippen LogP contribution >= 0.6 is 0 Å². The number of nitrogen functional groups attached to an aromatic ring is 1. The number of nitrogens with zero attached hydrogens (tertiary/aromatic N) is 8. The van der Waals surface area contributed by atoms with Crippen molar-refractivity contribution < 1.29 is 0 Å². The van der Waals surface area contributed by atoms with Crippen LogP contribution < -0.4 is 10.6 Å². The van der Waals surface area contributed by atoms with Crippen molar-refractivity contribution in [1.82, 2.24) is 34.4 Å². The molecule has 9 nitrogen and oxygen atoms in total. The van der Waals surface area contributed by atoms with Crippen LogP contribution in [0.15, 0.2) is 79.6 Å². The van der Waals surface area contributed by atoms with Gasteiger partial charge in [0, 0.05) is 81.0 Å². The Morgan fingerprint density at radius 1 is 0.800 bits per heavy atom. The Bertz CT molecular complexity index is 1420. The van der Waals surface area contributed by atoms with Gasteiger partial charge in [-0.1, -0.05) is 6.07 Å². The van der Waals surface area contributed by atoms with E-state index in [9.17, 15) is 0 Å². The highest BCUT2D eigenvalue weighted by Crippen LogP contribution is 2.29. The molecule has 0 aromatic carbocycles. The molecule has 9 heteroatoms. The molecule has 0 aliphatic carbocycles. The average molecular weight is 464 g/mol. The summed E-state index contributed by atoms with van der Waals surface area (Å²) < 4.78 is 1.71. The quantitative estimate of drug-likeness (QED) is 0.424. The number of fused-ring (bicyclic) bond motifs is 1. The molecule has 0 amide bonds. The van der Waals surface area contributed by atoms with Crippen molar-refractivity contribution in [2.45, 2.75) is 6.54 Å². The third kappa shape index (κ3) is 4.29. The van der Waals surface area contributed by atoms with Gasteiger partial charge in [0.25, 0.3) is 0 Å². The third-order valence-corrected chi connectivity index (χ3v) is 6.35. The Labute approximate surface area is 202 Å². The van der Waals surface area contributed by atoms with Crippen molar-refractivity contribution in [2.75, 3.05) is 36.8 Å². The van der Waals surface area contributed by atoms with Gasteiger partial charge in [-0.05, 0) is 42.0 Å². The molecule has 0 atom stereocenters. The van der Waals surface area contributed by atoms with Gasteiger partial charge in [0.15, 0.2) is 11.5 Å². The first-order valence-corrected chi connectivity index (χ1v) is 11.6. The van der Waals surface area contributed by atoms with Crippen molar-refractivity contribution >= 4 is 17.3 Å². The fourth-order valence-corrected chi connectivity index (χ4v) is 4.48. The minimum Gasteiger partial charge on any atom is -0.382 e. The van der Waals surface area contributed by atoms with Gasteiger partial charge in [0.05, 0.1) is 11.3 Å². The summed E-state index contributed by atoms with van der Waals surface area (Å²) in [4.78, 5) is 22.7. The lowest BCUT2D eigenvalue weighted by atomic mass is 10.1. The maximum Gasteiger partial charge on any atom is 0.166 e. The average Bonchev–Trinajstić information content (AvgIpc) is 3.25. The van der Waals surface area contributed by atoms with Crippen molar-refractivity contribution in [1.29, 1.82) is 0 Å². The molecular formula is C26H25N9. The van der Waals surface area contributed by atoms with Crippen LogP contribution in [0.1, 0.15) is 5.56 Å². The van der Waals surface area contributed by atoms with Crippen LogP contribution in [0.3, 0.4) is 0 Å². The van der Waals surface area contributed by atoms with Crippen molar-refractivity contribution in [3.05, 3.63) is 85.2 Å². The molecule has 0 saturated carbocycles. The molecular weight excluding hydrogens is 438 g/mol. The van der Waals surface area contributed by atoms with Crippen molar-refractivity contribution in [2.24, 2.45) is 0 Å². The lowest BCUT2D eigenvalue weighted by Gasteiger charge is -2.35. The zero-order valence-electron chi connectivity index (χ0n) is 19.2. The summed E-state index contributed by atoms with van der Waals surface area (Å²) in [6, 6.07) is 14.0. The Morgan fingerprint density at radius 2 is 1.63 bits per heavy atom. The summed E-state index contributed by atoms with van der Waals surface area (Å²) in [5.41, 5.74) is 11.6. The summed E-state index contributed by atoms with van der Waals surface area (Å²) in [6.45, 7) is 4.87. The van der Waals surface area contributed by atoms with Crippen LogP contribution in [0, 0.1) is 0 Å². The molecule has 1 saturated heterocycles. The van der Waals surface area contributed by atoms with E-state index in [1.165, 1.54) is 5.56 Å². The van der Waals surface area contributed by atoms with Crippen LogP contribution in [0.4, 0.5) is 11.6 Å². The number of hydrogen-bond acceptors (Lipinski definition) is 8. The first-order chi connectivity index (χ1) is 17.2. The van der Waals surface area contributed by atoms with Crippen LogP contribution in [0.2, 0.25) is 0 Å². The number of anilines is 2. The molecule has 174 valence electrons. The molecule has 1 aliphatic heterocycles. The van der Waals surface area contributed by atoms with Crippen molar-refractivity contribution in [3.8, 4) is 22.4 Å². The van der Waals surface area contributed by atoms with E-state index >= 15 is 0 Å². The Balaban J connectivity index is 1.16. The molecule has 0 unspecified atom stereocenters. The zero-order valence-corrected chi connectivity index (χ0v) is 19.2. The maximum absolute atomic E-state index is 6.19. The van der Waals surface area contributed by atoms with E-state index in [-0.39, 0.29) is 0 Å². The topological polar surface area (TPSA) is 101 Å². The Morgan fingerprint density at radius 3 is 2.37 bits per heavy atom.